The number of carbonyl (C=O) groups excluding carboxylic acids is 4. The Hall–Kier alpha value is -6.02. The van der Waals surface area contributed by atoms with Crippen LogP contribution in [0.2, 0.25) is 0 Å². The summed E-state index contributed by atoms with van der Waals surface area (Å²) in [5.41, 5.74) is 5.11. The first-order chi connectivity index (χ1) is 22.6. The molecule has 2 aliphatic rings. The second kappa shape index (κ2) is 11.4. The molecule has 5 aromatic carbocycles. The second-order valence-corrected chi connectivity index (χ2v) is 12.3. The van der Waals surface area contributed by atoms with E-state index in [9.17, 15) is 19.2 Å². The number of ether oxygens (including phenoxy) is 2. The van der Waals surface area contributed by atoms with Gasteiger partial charge in [-0.1, -0.05) is 67.9 Å². The lowest BCUT2D eigenvalue weighted by Crippen LogP contribution is -2.29. The molecule has 0 unspecified atom stereocenters. The van der Waals surface area contributed by atoms with Crippen LogP contribution in [0.3, 0.4) is 0 Å². The summed E-state index contributed by atoms with van der Waals surface area (Å²) in [5.74, 6) is 0.679. The number of imide groups is 2. The van der Waals surface area contributed by atoms with Gasteiger partial charge in [-0.05, 0) is 84.3 Å². The highest BCUT2D eigenvalue weighted by atomic mass is 16.5. The fourth-order valence-corrected chi connectivity index (χ4v) is 6.00. The Morgan fingerprint density at radius 2 is 1.09 bits per heavy atom. The number of fused-ring (bicyclic) bond motifs is 2. The lowest BCUT2D eigenvalue weighted by molar-refractivity contribution is 0.0641. The summed E-state index contributed by atoms with van der Waals surface area (Å²) in [7, 11) is 0. The summed E-state index contributed by atoms with van der Waals surface area (Å²) in [6, 6.07) is 33.1. The van der Waals surface area contributed by atoms with Gasteiger partial charge in [0.2, 0.25) is 0 Å². The number of hydrogen-bond acceptors (Lipinski definition) is 6. The Bertz CT molecular complexity index is 2100. The van der Waals surface area contributed by atoms with Crippen molar-refractivity contribution in [1.82, 2.24) is 10.2 Å². The molecule has 4 amide bonds. The second-order valence-electron chi connectivity index (χ2n) is 12.3. The molecule has 0 aromatic heterocycles. The summed E-state index contributed by atoms with van der Waals surface area (Å²) in [5, 5.41) is 2.28. The largest absolute Gasteiger partial charge is 0.457 e. The van der Waals surface area contributed by atoms with Gasteiger partial charge in [0.25, 0.3) is 23.6 Å². The minimum Gasteiger partial charge on any atom is -0.457 e. The number of aryl methyl sites for hydroxylation is 1. The average Bonchev–Trinajstić information content (AvgIpc) is 3.47. The van der Waals surface area contributed by atoms with E-state index in [2.05, 4.69) is 19.2 Å². The highest BCUT2D eigenvalue weighted by Gasteiger charge is 2.36. The van der Waals surface area contributed by atoms with E-state index >= 15 is 0 Å². The highest BCUT2D eigenvalue weighted by Crippen LogP contribution is 2.36. The number of carbonyl (C=O) groups is 4. The van der Waals surface area contributed by atoms with Crippen LogP contribution in [-0.4, -0.2) is 28.5 Å². The van der Waals surface area contributed by atoms with Crippen LogP contribution in [0.1, 0.15) is 77.5 Å². The summed E-state index contributed by atoms with van der Waals surface area (Å²) in [4.78, 5) is 51.3. The van der Waals surface area contributed by atoms with Gasteiger partial charge in [-0.2, -0.15) is 0 Å². The number of nitrogens with one attached hydrogen (secondary N) is 1. The first-order valence-corrected chi connectivity index (χ1v) is 15.2. The van der Waals surface area contributed by atoms with Gasteiger partial charge in [-0.25, -0.2) is 0 Å². The number of hydrogen-bond donors (Lipinski definition) is 1. The van der Waals surface area contributed by atoms with Crippen LogP contribution in [0, 0.1) is 6.92 Å². The van der Waals surface area contributed by atoms with Crippen molar-refractivity contribution >= 4 is 23.6 Å². The third-order valence-corrected chi connectivity index (χ3v) is 8.70. The minimum absolute atomic E-state index is 0.217. The predicted molar refractivity (Wildman–Crippen MR) is 175 cm³/mol. The van der Waals surface area contributed by atoms with Gasteiger partial charge in [0.05, 0.1) is 28.8 Å². The summed E-state index contributed by atoms with van der Waals surface area (Å²) >= 11 is 0. The quantitative estimate of drug-likeness (QED) is 0.179. The van der Waals surface area contributed by atoms with E-state index in [0.717, 1.165) is 22.3 Å². The van der Waals surface area contributed by atoms with Crippen LogP contribution < -0.4 is 14.8 Å². The van der Waals surface area contributed by atoms with Crippen molar-refractivity contribution in [1.29, 1.82) is 0 Å². The molecule has 0 saturated heterocycles. The van der Waals surface area contributed by atoms with Gasteiger partial charge in [0.1, 0.15) is 23.0 Å². The van der Waals surface area contributed by atoms with Gasteiger partial charge in [-0.15, -0.1) is 0 Å². The molecule has 0 aliphatic carbocycles. The zero-order valence-corrected chi connectivity index (χ0v) is 26.0. The Morgan fingerprint density at radius 3 is 1.68 bits per heavy atom. The number of benzene rings is 5. The van der Waals surface area contributed by atoms with Crippen molar-refractivity contribution in [2.24, 2.45) is 0 Å². The SMILES string of the molecule is Cc1cccc(CN2C(=O)c3ccc(Oc4ccc(C(C)(C)c5ccc(Oc6ccc7c(c6)C(=O)NC7=O)cc5)cc4)cc3C2=O)c1. The van der Waals surface area contributed by atoms with Crippen LogP contribution in [0.4, 0.5) is 0 Å². The predicted octanol–water partition coefficient (Wildman–Crippen LogP) is 7.59. The number of amides is 4. The fourth-order valence-electron chi connectivity index (χ4n) is 6.00. The van der Waals surface area contributed by atoms with Crippen molar-refractivity contribution < 1.29 is 28.7 Å². The number of rotatable bonds is 8. The van der Waals surface area contributed by atoms with Gasteiger partial charge in [0.15, 0.2) is 0 Å². The molecule has 0 radical (unpaired) electrons. The summed E-state index contributed by atoms with van der Waals surface area (Å²) in [6.45, 7) is 6.44. The molecule has 0 fully saturated rings. The van der Waals surface area contributed by atoms with E-state index in [0.29, 0.717) is 45.3 Å². The highest BCUT2D eigenvalue weighted by molar-refractivity contribution is 6.22. The van der Waals surface area contributed by atoms with Crippen LogP contribution in [0.25, 0.3) is 0 Å². The van der Waals surface area contributed by atoms with Crippen molar-refractivity contribution in [3.8, 4) is 23.0 Å². The molecule has 1 N–H and O–H groups in total. The Kier molecular flexibility index (Phi) is 7.20. The standard InChI is InChI=1S/C39H30N2O6/c1-23-5-4-6-24(19-23)22-41-37(44)32-18-16-30(21-34(32)38(41)45)47-28-13-9-26(10-14-28)39(2,3)25-7-11-27(12-8-25)46-29-15-17-31-33(20-29)36(43)40-35(31)42/h4-21H,22H2,1-3H3,(H,40,42,43). The van der Waals surface area contributed by atoms with E-state index < -0.39 is 11.8 Å². The molecule has 0 atom stereocenters. The van der Waals surface area contributed by atoms with Gasteiger partial charge >= 0.3 is 0 Å². The van der Waals surface area contributed by atoms with Crippen molar-refractivity contribution in [2.45, 2.75) is 32.7 Å². The molecule has 0 spiro atoms. The van der Waals surface area contributed by atoms with E-state index in [1.54, 1.807) is 36.4 Å². The molecular weight excluding hydrogens is 592 g/mol. The first kappa shape index (κ1) is 29.7. The maximum absolute atomic E-state index is 13.2. The maximum Gasteiger partial charge on any atom is 0.262 e. The topological polar surface area (TPSA) is 102 Å². The first-order valence-electron chi connectivity index (χ1n) is 15.2. The zero-order valence-electron chi connectivity index (χ0n) is 26.0. The van der Waals surface area contributed by atoms with E-state index in [1.165, 1.54) is 4.90 Å². The molecule has 232 valence electrons. The molecule has 2 aliphatic heterocycles. The molecule has 8 heteroatoms. The molecule has 0 bridgehead atoms. The average molecular weight is 623 g/mol. The van der Waals surface area contributed by atoms with Crippen molar-refractivity contribution in [2.75, 3.05) is 0 Å². The Balaban J connectivity index is 1.02. The van der Waals surface area contributed by atoms with Crippen LogP contribution in [0.15, 0.2) is 109 Å². The third-order valence-electron chi connectivity index (χ3n) is 8.70. The van der Waals surface area contributed by atoms with E-state index in [1.807, 2.05) is 79.7 Å². The lowest BCUT2D eigenvalue weighted by atomic mass is 9.78. The van der Waals surface area contributed by atoms with Crippen LogP contribution in [-0.2, 0) is 12.0 Å². The van der Waals surface area contributed by atoms with E-state index in [-0.39, 0.29) is 23.8 Å². The Morgan fingerprint density at radius 1 is 0.574 bits per heavy atom. The molecule has 5 aromatic rings. The third kappa shape index (κ3) is 5.55. The monoisotopic (exact) mass is 622 g/mol. The minimum atomic E-state index is -0.427. The molecule has 0 saturated carbocycles. The van der Waals surface area contributed by atoms with E-state index in [4.69, 9.17) is 9.47 Å². The van der Waals surface area contributed by atoms with Gasteiger partial charge in [0, 0.05) is 5.41 Å². The smallest absolute Gasteiger partial charge is 0.262 e. The molecule has 8 nitrogen and oxygen atoms in total. The van der Waals surface area contributed by atoms with Gasteiger partial charge in [-0.3, -0.25) is 29.4 Å². The van der Waals surface area contributed by atoms with Crippen molar-refractivity contribution in [3.63, 3.8) is 0 Å². The summed E-state index contributed by atoms with van der Waals surface area (Å²) in [6.07, 6.45) is 0. The van der Waals surface area contributed by atoms with Crippen molar-refractivity contribution in [3.05, 3.63) is 154 Å². The molecule has 47 heavy (non-hydrogen) atoms. The van der Waals surface area contributed by atoms with Gasteiger partial charge < -0.3 is 9.47 Å². The Labute approximate surface area is 271 Å². The van der Waals surface area contributed by atoms with Crippen LogP contribution >= 0.6 is 0 Å². The normalized spacial score (nSPS) is 13.8. The molecule has 7 rings (SSSR count). The lowest BCUT2D eigenvalue weighted by Gasteiger charge is -2.26. The summed E-state index contributed by atoms with van der Waals surface area (Å²) < 4.78 is 12.1. The molecular formula is C39H30N2O6. The number of nitrogens with zero attached hydrogens (tertiary/aromatic N) is 1. The maximum atomic E-state index is 13.2. The fraction of sp³-hybridized carbons (Fsp3) is 0.128. The van der Waals surface area contributed by atoms with Crippen LogP contribution in [0.5, 0.6) is 23.0 Å². The zero-order chi connectivity index (χ0) is 32.9. The molecule has 2 heterocycles.